The van der Waals surface area contributed by atoms with Crippen LogP contribution in [0.15, 0.2) is 30.5 Å². The first-order valence-corrected chi connectivity index (χ1v) is 11.6. The molecule has 2 saturated heterocycles. The zero-order valence-corrected chi connectivity index (χ0v) is 17.9. The summed E-state index contributed by atoms with van der Waals surface area (Å²) in [6.45, 7) is 8.17. The normalized spacial score (nSPS) is 27.3. The Morgan fingerprint density at radius 1 is 1.24 bits per heavy atom. The fourth-order valence-electron chi connectivity index (χ4n) is 5.14. The van der Waals surface area contributed by atoms with Crippen LogP contribution in [-0.4, -0.2) is 60.1 Å². The molecule has 0 bridgehead atoms. The number of aromatic nitrogens is 1. The zero-order chi connectivity index (χ0) is 19.8. The number of carbonyl (C=O) groups is 1. The highest BCUT2D eigenvalue weighted by Gasteiger charge is 2.48. The van der Waals surface area contributed by atoms with Crippen LogP contribution in [0.25, 0.3) is 10.6 Å². The molecular formula is C23H29N3O2S. The first-order chi connectivity index (χ1) is 14.2. The van der Waals surface area contributed by atoms with Gasteiger partial charge in [0, 0.05) is 48.7 Å². The third kappa shape index (κ3) is 3.86. The minimum Gasteiger partial charge on any atom is -0.378 e. The van der Waals surface area contributed by atoms with Crippen LogP contribution in [0.3, 0.4) is 0 Å². The summed E-state index contributed by atoms with van der Waals surface area (Å²) < 4.78 is 5.41. The van der Waals surface area contributed by atoms with E-state index in [1.54, 1.807) is 11.3 Å². The largest absolute Gasteiger partial charge is 0.378 e. The second kappa shape index (κ2) is 8.17. The number of morpholine rings is 1. The number of carbonyl (C=O) groups excluding carboxylic acids is 1. The molecule has 1 aromatic carbocycles. The van der Waals surface area contributed by atoms with Crippen molar-refractivity contribution in [1.29, 1.82) is 0 Å². The molecule has 3 heterocycles. The molecule has 3 fully saturated rings. The molecule has 2 aromatic rings. The monoisotopic (exact) mass is 411 g/mol. The second-order valence-corrected chi connectivity index (χ2v) is 9.79. The van der Waals surface area contributed by atoms with E-state index < -0.39 is 0 Å². The number of benzene rings is 1. The maximum absolute atomic E-state index is 12.9. The van der Waals surface area contributed by atoms with Crippen LogP contribution in [0.2, 0.25) is 0 Å². The molecule has 3 atom stereocenters. The van der Waals surface area contributed by atoms with Crippen LogP contribution >= 0.6 is 11.3 Å². The predicted octanol–water partition coefficient (Wildman–Crippen LogP) is 3.44. The molecular weight excluding hydrogens is 382 g/mol. The van der Waals surface area contributed by atoms with Crippen LogP contribution in [0.5, 0.6) is 0 Å². The number of thiazole rings is 1. The lowest BCUT2D eigenvalue weighted by atomic mass is 9.61. The van der Waals surface area contributed by atoms with Crippen molar-refractivity contribution in [2.45, 2.75) is 26.3 Å². The van der Waals surface area contributed by atoms with Gasteiger partial charge in [-0.3, -0.25) is 9.69 Å². The molecule has 1 aliphatic carbocycles. The molecule has 5 nitrogen and oxygen atoms in total. The lowest BCUT2D eigenvalue weighted by molar-refractivity contribution is -0.152. The van der Waals surface area contributed by atoms with E-state index >= 15 is 0 Å². The van der Waals surface area contributed by atoms with Crippen molar-refractivity contribution in [3.63, 3.8) is 0 Å². The Labute approximate surface area is 176 Å². The van der Waals surface area contributed by atoms with E-state index in [1.807, 2.05) is 11.1 Å². The predicted molar refractivity (Wildman–Crippen MR) is 115 cm³/mol. The average molecular weight is 412 g/mol. The Balaban J connectivity index is 1.21. The van der Waals surface area contributed by atoms with Gasteiger partial charge in [-0.15, -0.1) is 11.3 Å². The summed E-state index contributed by atoms with van der Waals surface area (Å²) in [5.41, 5.74) is 2.51. The summed E-state index contributed by atoms with van der Waals surface area (Å²) >= 11 is 1.80. The number of hydrogen-bond acceptors (Lipinski definition) is 5. The quantitative estimate of drug-likeness (QED) is 0.773. The lowest BCUT2D eigenvalue weighted by Crippen LogP contribution is -2.56. The van der Waals surface area contributed by atoms with Crippen molar-refractivity contribution < 1.29 is 9.53 Å². The van der Waals surface area contributed by atoms with Gasteiger partial charge < -0.3 is 9.64 Å². The highest BCUT2D eigenvalue weighted by atomic mass is 32.1. The minimum absolute atomic E-state index is 0.227. The Kier molecular flexibility index (Phi) is 5.41. The summed E-state index contributed by atoms with van der Waals surface area (Å²) in [5.74, 6) is 1.87. The second-order valence-electron chi connectivity index (χ2n) is 8.67. The van der Waals surface area contributed by atoms with Gasteiger partial charge in [-0.25, -0.2) is 4.98 Å². The van der Waals surface area contributed by atoms with Gasteiger partial charge in [0.1, 0.15) is 5.01 Å². The minimum atomic E-state index is 0.227. The number of ether oxygens (including phenoxy) is 1. The highest BCUT2D eigenvalue weighted by molar-refractivity contribution is 7.15. The number of aryl methyl sites for hydroxylation is 1. The zero-order valence-electron chi connectivity index (χ0n) is 17.0. The van der Waals surface area contributed by atoms with Crippen LogP contribution in [0.4, 0.5) is 0 Å². The summed E-state index contributed by atoms with van der Waals surface area (Å²) in [6.07, 6.45) is 4.35. The van der Waals surface area contributed by atoms with E-state index in [-0.39, 0.29) is 5.92 Å². The third-order valence-corrected chi connectivity index (χ3v) is 7.93. The van der Waals surface area contributed by atoms with E-state index in [2.05, 4.69) is 41.1 Å². The van der Waals surface area contributed by atoms with Crippen molar-refractivity contribution in [3.8, 4) is 10.6 Å². The van der Waals surface area contributed by atoms with Crippen LogP contribution in [-0.2, 0) is 16.1 Å². The molecule has 3 aliphatic rings. The first-order valence-electron chi connectivity index (χ1n) is 10.8. The van der Waals surface area contributed by atoms with Crippen LogP contribution in [0, 0.1) is 24.7 Å². The van der Waals surface area contributed by atoms with Crippen molar-refractivity contribution in [2.75, 3.05) is 39.4 Å². The standard InChI is InChI=1S/C23H29N3O2S/c1-16-4-2-3-5-19(16)22-24-13-18(29-22)14-25-7-6-17-12-20(21(17)15-25)23(27)26-8-10-28-11-9-26/h2-5,13,17,20-21H,6-12,14-15H2,1H3/t17-,20-,21-/m1/s1. The smallest absolute Gasteiger partial charge is 0.226 e. The summed E-state index contributed by atoms with van der Waals surface area (Å²) in [5, 5.41) is 1.11. The van der Waals surface area contributed by atoms with Gasteiger partial charge >= 0.3 is 0 Å². The molecule has 5 rings (SSSR count). The van der Waals surface area contributed by atoms with E-state index in [9.17, 15) is 4.79 Å². The summed E-state index contributed by atoms with van der Waals surface area (Å²) in [7, 11) is 0. The molecule has 1 saturated carbocycles. The summed E-state index contributed by atoms with van der Waals surface area (Å²) in [6, 6.07) is 8.45. The average Bonchev–Trinajstić information content (AvgIpc) is 3.19. The third-order valence-electron chi connectivity index (χ3n) is 6.91. The van der Waals surface area contributed by atoms with Crippen molar-refractivity contribution in [3.05, 3.63) is 40.9 Å². The molecule has 0 spiro atoms. The lowest BCUT2D eigenvalue weighted by Gasteiger charge is -2.51. The molecule has 2 aliphatic heterocycles. The maximum Gasteiger partial charge on any atom is 0.226 e. The number of likely N-dealkylation sites (tertiary alicyclic amines) is 1. The van der Waals surface area contributed by atoms with Gasteiger partial charge in [-0.05, 0) is 43.7 Å². The molecule has 0 unspecified atom stereocenters. The van der Waals surface area contributed by atoms with E-state index in [0.717, 1.165) is 50.1 Å². The number of fused-ring (bicyclic) bond motifs is 1. The number of hydrogen-bond donors (Lipinski definition) is 0. The Morgan fingerprint density at radius 2 is 2.07 bits per heavy atom. The van der Waals surface area contributed by atoms with Crippen molar-refractivity contribution in [1.82, 2.24) is 14.8 Å². The van der Waals surface area contributed by atoms with E-state index in [0.29, 0.717) is 25.0 Å². The first kappa shape index (κ1) is 19.2. The van der Waals surface area contributed by atoms with Gasteiger partial charge in [-0.1, -0.05) is 24.3 Å². The van der Waals surface area contributed by atoms with Crippen LogP contribution < -0.4 is 0 Å². The van der Waals surface area contributed by atoms with E-state index in [1.165, 1.54) is 22.4 Å². The fraction of sp³-hybridized carbons (Fsp3) is 0.565. The van der Waals surface area contributed by atoms with Gasteiger partial charge in [0.25, 0.3) is 0 Å². The molecule has 1 aromatic heterocycles. The molecule has 6 heteroatoms. The fourth-order valence-corrected chi connectivity index (χ4v) is 6.18. The number of amides is 1. The maximum atomic E-state index is 12.9. The van der Waals surface area contributed by atoms with Crippen molar-refractivity contribution in [2.24, 2.45) is 17.8 Å². The number of piperidine rings is 1. The number of rotatable bonds is 4. The van der Waals surface area contributed by atoms with Crippen molar-refractivity contribution >= 4 is 17.2 Å². The molecule has 0 radical (unpaired) electrons. The SMILES string of the molecule is Cc1ccccc1-c1ncc(CN2CC[C@@H]3C[C@@H](C(=O)N4CCOCC4)[C@@H]3C2)s1. The topological polar surface area (TPSA) is 45.7 Å². The Bertz CT molecular complexity index is 877. The highest BCUT2D eigenvalue weighted by Crippen LogP contribution is 2.46. The van der Waals surface area contributed by atoms with Gasteiger partial charge in [0.15, 0.2) is 0 Å². The van der Waals surface area contributed by atoms with E-state index in [4.69, 9.17) is 4.74 Å². The van der Waals surface area contributed by atoms with Crippen LogP contribution in [0.1, 0.15) is 23.3 Å². The molecule has 154 valence electrons. The molecule has 29 heavy (non-hydrogen) atoms. The van der Waals surface area contributed by atoms with Gasteiger partial charge in [0.2, 0.25) is 5.91 Å². The summed E-state index contributed by atoms with van der Waals surface area (Å²) in [4.78, 5) is 23.5. The Hall–Kier alpha value is -1.76. The Morgan fingerprint density at radius 3 is 2.90 bits per heavy atom. The van der Waals surface area contributed by atoms with Gasteiger partial charge in [0.05, 0.1) is 13.2 Å². The molecule has 0 N–H and O–H groups in total. The van der Waals surface area contributed by atoms with Gasteiger partial charge in [-0.2, -0.15) is 0 Å². The molecule has 1 amide bonds. The number of nitrogens with zero attached hydrogens (tertiary/aromatic N) is 3.